The highest BCUT2D eigenvalue weighted by molar-refractivity contribution is 5.45. The van der Waals surface area contributed by atoms with Crippen LogP contribution in [-0.4, -0.2) is 25.9 Å². The van der Waals surface area contributed by atoms with Gasteiger partial charge in [0, 0.05) is 25.3 Å². The molecule has 2 nitrogen and oxygen atoms in total. The first-order valence-electron chi connectivity index (χ1n) is 5.92. The summed E-state index contributed by atoms with van der Waals surface area (Å²) in [6.45, 7) is 3.15. The van der Waals surface area contributed by atoms with Crippen LogP contribution in [-0.2, 0) is 4.74 Å². The fourth-order valence-corrected chi connectivity index (χ4v) is 1.50. The van der Waals surface area contributed by atoms with Crippen LogP contribution < -0.4 is 5.32 Å². The molecule has 1 N–H and O–H groups in total. The summed E-state index contributed by atoms with van der Waals surface area (Å²) in [4.78, 5) is 0. The summed E-state index contributed by atoms with van der Waals surface area (Å²) < 4.78 is 40.6. The largest absolute Gasteiger partial charge is 0.389 e. The number of halogens is 3. The van der Waals surface area contributed by atoms with E-state index in [2.05, 4.69) is 5.32 Å². The Kier molecular flexibility index (Phi) is 5.98. The third kappa shape index (κ3) is 7.17. The smallest absolute Gasteiger partial charge is 0.383 e. The third-order valence-electron chi connectivity index (χ3n) is 2.34. The fourth-order valence-electron chi connectivity index (χ4n) is 1.50. The Morgan fingerprint density at radius 3 is 2.67 bits per heavy atom. The molecule has 0 aliphatic rings. The number of benzene rings is 1. The summed E-state index contributed by atoms with van der Waals surface area (Å²) in [5.41, 5.74) is 2.15. The van der Waals surface area contributed by atoms with Crippen molar-refractivity contribution in [2.75, 3.05) is 25.1 Å². The molecule has 0 aliphatic carbocycles. The molecule has 0 saturated carbocycles. The Bertz CT molecular complexity index is 352. The molecule has 1 aromatic carbocycles. The summed E-state index contributed by atoms with van der Waals surface area (Å²) in [5, 5.41) is 3.15. The lowest BCUT2D eigenvalue weighted by Gasteiger charge is -2.09. The molecule has 0 atom stereocenters. The first-order valence-corrected chi connectivity index (χ1v) is 5.92. The molecule has 1 rings (SSSR count). The Morgan fingerprint density at radius 2 is 2.00 bits per heavy atom. The van der Waals surface area contributed by atoms with E-state index in [9.17, 15) is 13.2 Å². The molecule has 102 valence electrons. The van der Waals surface area contributed by atoms with Gasteiger partial charge in [-0.1, -0.05) is 12.1 Å². The Morgan fingerprint density at radius 1 is 1.22 bits per heavy atom. The van der Waals surface area contributed by atoms with Crippen LogP contribution in [0.25, 0.3) is 0 Å². The summed E-state index contributed by atoms with van der Waals surface area (Å²) in [6.07, 6.45) is -4.84. The lowest BCUT2D eigenvalue weighted by Crippen LogP contribution is -2.12. The summed E-state index contributed by atoms with van der Waals surface area (Å²) in [6, 6.07) is 7.89. The first-order chi connectivity index (χ1) is 8.47. The zero-order chi connectivity index (χ0) is 13.4. The molecule has 1 aromatic rings. The number of alkyl halides is 3. The standard InChI is InChI=1S/C13H18F3NO/c1-11-4-2-5-12(10-11)17-7-9-18-8-3-6-13(14,15)16/h2,4-5,10,17H,3,6-9H2,1H3. The van der Waals surface area contributed by atoms with E-state index >= 15 is 0 Å². The van der Waals surface area contributed by atoms with Gasteiger partial charge in [0.1, 0.15) is 0 Å². The Balaban J connectivity index is 2.02. The van der Waals surface area contributed by atoms with Gasteiger partial charge in [-0.15, -0.1) is 0 Å². The number of rotatable bonds is 7. The molecule has 0 aliphatic heterocycles. The van der Waals surface area contributed by atoms with Crippen LogP contribution in [0.4, 0.5) is 18.9 Å². The number of hydrogen-bond acceptors (Lipinski definition) is 2. The van der Waals surface area contributed by atoms with E-state index in [1.54, 1.807) is 0 Å². The SMILES string of the molecule is Cc1cccc(NCCOCCCC(F)(F)F)c1. The summed E-state index contributed by atoms with van der Waals surface area (Å²) in [7, 11) is 0. The van der Waals surface area contributed by atoms with Gasteiger partial charge in [0.2, 0.25) is 0 Å². The minimum Gasteiger partial charge on any atom is -0.383 e. The first kappa shape index (κ1) is 14.8. The van der Waals surface area contributed by atoms with Crippen molar-refractivity contribution in [2.45, 2.75) is 25.9 Å². The average molecular weight is 261 g/mol. The number of aryl methyl sites for hydroxylation is 1. The molecule has 0 heterocycles. The average Bonchev–Trinajstić information content (AvgIpc) is 2.26. The van der Waals surface area contributed by atoms with Crippen molar-refractivity contribution < 1.29 is 17.9 Å². The van der Waals surface area contributed by atoms with Crippen LogP contribution in [0.15, 0.2) is 24.3 Å². The van der Waals surface area contributed by atoms with E-state index in [1.165, 1.54) is 0 Å². The van der Waals surface area contributed by atoms with Gasteiger partial charge in [0.15, 0.2) is 0 Å². The van der Waals surface area contributed by atoms with Crippen molar-refractivity contribution in [3.63, 3.8) is 0 Å². The number of hydrogen-bond donors (Lipinski definition) is 1. The fraction of sp³-hybridized carbons (Fsp3) is 0.538. The van der Waals surface area contributed by atoms with E-state index in [0.29, 0.717) is 13.2 Å². The van der Waals surface area contributed by atoms with Crippen LogP contribution in [0.3, 0.4) is 0 Å². The topological polar surface area (TPSA) is 21.3 Å². The van der Waals surface area contributed by atoms with Crippen molar-refractivity contribution in [3.05, 3.63) is 29.8 Å². The zero-order valence-electron chi connectivity index (χ0n) is 10.4. The quantitative estimate of drug-likeness (QED) is 0.754. The van der Waals surface area contributed by atoms with Crippen molar-refractivity contribution >= 4 is 5.69 Å². The molecule has 5 heteroatoms. The minimum atomic E-state index is -4.08. The Hall–Kier alpha value is -1.23. The monoisotopic (exact) mass is 261 g/mol. The molecule has 0 aromatic heterocycles. The van der Waals surface area contributed by atoms with E-state index in [1.807, 2.05) is 31.2 Å². The zero-order valence-corrected chi connectivity index (χ0v) is 10.4. The molecule has 18 heavy (non-hydrogen) atoms. The van der Waals surface area contributed by atoms with Crippen molar-refractivity contribution in [1.82, 2.24) is 0 Å². The van der Waals surface area contributed by atoms with E-state index in [4.69, 9.17) is 4.74 Å². The van der Waals surface area contributed by atoms with Crippen LogP contribution in [0.5, 0.6) is 0 Å². The van der Waals surface area contributed by atoms with Gasteiger partial charge in [-0.3, -0.25) is 0 Å². The second kappa shape index (κ2) is 7.26. The third-order valence-corrected chi connectivity index (χ3v) is 2.34. The van der Waals surface area contributed by atoms with Gasteiger partial charge in [-0.25, -0.2) is 0 Å². The van der Waals surface area contributed by atoms with Gasteiger partial charge in [-0.2, -0.15) is 13.2 Å². The normalized spacial score (nSPS) is 11.6. The molecular weight excluding hydrogens is 243 g/mol. The van der Waals surface area contributed by atoms with Crippen LogP contribution in [0.1, 0.15) is 18.4 Å². The lowest BCUT2D eigenvalue weighted by molar-refractivity contribution is -0.137. The molecule has 0 radical (unpaired) electrons. The molecule has 0 fully saturated rings. The Labute approximate surface area is 105 Å². The second-order valence-corrected chi connectivity index (χ2v) is 4.13. The highest BCUT2D eigenvalue weighted by atomic mass is 19.4. The molecule has 0 amide bonds. The van der Waals surface area contributed by atoms with Gasteiger partial charge < -0.3 is 10.1 Å². The molecule has 0 spiro atoms. The molecule has 0 unspecified atom stereocenters. The van der Waals surface area contributed by atoms with Crippen LogP contribution in [0.2, 0.25) is 0 Å². The second-order valence-electron chi connectivity index (χ2n) is 4.13. The predicted octanol–water partition coefficient (Wildman–Crippen LogP) is 3.77. The molecule has 0 bridgehead atoms. The van der Waals surface area contributed by atoms with Crippen molar-refractivity contribution in [3.8, 4) is 0 Å². The maximum atomic E-state index is 11.8. The number of anilines is 1. The summed E-state index contributed by atoms with van der Waals surface area (Å²) in [5.74, 6) is 0. The molecule has 0 saturated heterocycles. The highest BCUT2D eigenvalue weighted by Crippen LogP contribution is 2.20. The van der Waals surface area contributed by atoms with Gasteiger partial charge in [0.05, 0.1) is 6.61 Å². The van der Waals surface area contributed by atoms with Gasteiger partial charge >= 0.3 is 6.18 Å². The maximum absolute atomic E-state index is 11.8. The van der Waals surface area contributed by atoms with Gasteiger partial charge in [0.25, 0.3) is 0 Å². The minimum absolute atomic E-state index is 0.0218. The number of nitrogens with one attached hydrogen (secondary N) is 1. The van der Waals surface area contributed by atoms with E-state index in [-0.39, 0.29) is 13.0 Å². The lowest BCUT2D eigenvalue weighted by atomic mass is 10.2. The van der Waals surface area contributed by atoms with E-state index in [0.717, 1.165) is 11.3 Å². The van der Waals surface area contributed by atoms with Gasteiger partial charge in [-0.05, 0) is 31.0 Å². The van der Waals surface area contributed by atoms with Crippen molar-refractivity contribution in [2.24, 2.45) is 0 Å². The van der Waals surface area contributed by atoms with E-state index < -0.39 is 12.6 Å². The number of ether oxygens (including phenoxy) is 1. The molecular formula is C13H18F3NO. The van der Waals surface area contributed by atoms with Crippen LogP contribution in [0, 0.1) is 6.92 Å². The maximum Gasteiger partial charge on any atom is 0.389 e. The summed E-state index contributed by atoms with van der Waals surface area (Å²) >= 11 is 0. The van der Waals surface area contributed by atoms with Crippen molar-refractivity contribution in [1.29, 1.82) is 0 Å². The highest BCUT2D eigenvalue weighted by Gasteiger charge is 2.25. The van der Waals surface area contributed by atoms with Crippen LogP contribution >= 0.6 is 0 Å². The predicted molar refractivity (Wildman–Crippen MR) is 65.8 cm³/mol.